The van der Waals surface area contributed by atoms with E-state index in [4.69, 9.17) is 15.2 Å². The van der Waals surface area contributed by atoms with Gasteiger partial charge in [-0.2, -0.15) is 0 Å². The first-order chi connectivity index (χ1) is 10.2. The molecule has 0 radical (unpaired) electrons. The van der Waals surface area contributed by atoms with Crippen molar-refractivity contribution in [2.45, 2.75) is 19.4 Å². The van der Waals surface area contributed by atoms with E-state index in [0.29, 0.717) is 38.3 Å². The van der Waals surface area contributed by atoms with E-state index >= 15 is 0 Å². The maximum absolute atomic E-state index is 12.8. The van der Waals surface area contributed by atoms with Crippen LogP contribution < -0.4 is 5.73 Å². The van der Waals surface area contributed by atoms with Gasteiger partial charge in [0.2, 0.25) is 0 Å². The van der Waals surface area contributed by atoms with Gasteiger partial charge >= 0.3 is 0 Å². The number of hydrogen-bond acceptors (Lipinski definition) is 4. The first kappa shape index (κ1) is 17.6. The van der Waals surface area contributed by atoms with E-state index in [1.165, 1.54) is 0 Å². The van der Waals surface area contributed by atoms with Crippen LogP contribution in [0.2, 0.25) is 0 Å². The Kier molecular flexibility index (Phi) is 7.97. The topological polar surface area (TPSA) is 64.8 Å². The van der Waals surface area contributed by atoms with Gasteiger partial charge in [0.1, 0.15) is 0 Å². The Labute approximate surface area is 127 Å². The Morgan fingerprint density at radius 2 is 2.00 bits per heavy atom. The third kappa shape index (κ3) is 5.12. The quantitative estimate of drug-likeness (QED) is 0.746. The van der Waals surface area contributed by atoms with Crippen molar-refractivity contribution in [3.05, 3.63) is 35.4 Å². The number of hydrogen-bond donors (Lipinski definition) is 1. The summed E-state index contributed by atoms with van der Waals surface area (Å²) in [4.78, 5) is 14.6. The lowest BCUT2D eigenvalue weighted by atomic mass is 10.0. The van der Waals surface area contributed by atoms with Gasteiger partial charge in [-0.05, 0) is 31.5 Å². The molecule has 1 aromatic rings. The molecule has 1 atom stereocenters. The second-order valence-electron chi connectivity index (χ2n) is 4.99. The van der Waals surface area contributed by atoms with Gasteiger partial charge in [0.05, 0.1) is 19.3 Å². The SMILES string of the molecule is COCCN(C(=O)c1ccccc1CCN)C(C)COC. The second kappa shape index (κ2) is 9.50. The van der Waals surface area contributed by atoms with Crippen LogP contribution in [0.1, 0.15) is 22.8 Å². The van der Waals surface area contributed by atoms with E-state index in [1.807, 2.05) is 31.2 Å². The summed E-state index contributed by atoms with van der Waals surface area (Å²) < 4.78 is 10.3. The monoisotopic (exact) mass is 294 g/mol. The fourth-order valence-electron chi connectivity index (χ4n) is 2.30. The molecule has 0 saturated carbocycles. The summed E-state index contributed by atoms with van der Waals surface area (Å²) in [6.45, 7) is 4.03. The molecule has 0 spiro atoms. The van der Waals surface area contributed by atoms with Gasteiger partial charge in [-0.15, -0.1) is 0 Å². The number of benzene rings is 1. The van der Waals surface area contributed by atoms with Crippen molar-refractivity contribution in [2.24, 2.45) is 5.73 Å². The Balaban J connectivity index is 2.98. The van der Waals surface area contributed by atoms with Crippen LogP contribution in [-0.4, -0.2) is 57.4 Å². The molecule has 5 nitrogen and oxygen atoms in total. The lowest BCUT2D eigenvalue weighted by Gasteiger charge is -2.29. The molecule has 0 saturated heterocycles. The molecule has 0 fully saturated rings. The molecule has 0 bridgehead atoms. The predicted octanol–water partition coefficient (Wildman–Crippen LogP) is 1.31. The number of carbonyl (C=O) groups is 1. The third-order valence-electron chi connectivity index (χ3n) is 3.40. The normalized spacial score (nSPS) is 12.2. The zero-order valence-electron chi connectivity index (χ0n) is 13.2. The molecule has 2 N–H and O–H groups in total. The molecule has 0 aliphatic heterocycles. The smallest absolute Gasteiger partial charge is 0.254 e. The van der Waals surface area contributed by atoms with Crippen LogP contribution in [0.5, 0.6) is 0 Å². The number of methoxy groups -OCH3 is 2. The van der Waals surface area contributed by atoms with Crippen molar-refractivity contribution >= 4 is 5.91 Å². The highest BCUT2D eigenvalue weighted by atomic mass is 16.5. The third-order valence-corrected chi connectivity index (χ3v) is 3.40. The van der Waals surface area contributed by atoms with E-state index in [9.17, 15) is 4.79 Å². The van der Waals surface area contributed by atoms with Gasteiger partial charge in [-0.25, -0.2) is 0 Å². The number of rotatable bonds is 9. The lowest BCUT2D eigenvalue weighted by Crippen LogP contribution is -2.43. The summed E-state index contributed by atoms with van der Waals surface area (Å²) in [6.07, 6.45) is 0.693. The van der Waals surface area contributed by atoms with E-state index in [0.717, 1.165) is 5.56 Å². The van der Waals surface area contributed by atoms with Crippen molar-refractivity contribution in [3.8, 4) is 0 Å². The maximum atomic E-state index is 12.8. The van der Waals surface area contributed by atoms with Crippen LogP contribution in [0.25, 0.3) is 0 Å². The van der Waals surface area contributed by atoms with Crippen LogP contribution in [0.15, 0.2) is 24.3 Å². The van der Waals surface area contributed by atoms with Crippen molar-refractivity contribution in [1.82, 2.24) is 4.90 Å². The van der Waals surface area contributed by atoms with Crippen LogP contribution >= 0.6 is 0 Å². The van der Waals surface area contributed by atoms with E-state index < -0.39 is 0 Å². The summed E-state index contributed by atoms with van der Waals surface area (Å²) in [5.41, 5.74) is 7.32. The van der Waals surface area contributed by atoms with Crippen LogP contribution in [0, 0.1) is 0 Å². The summed E-state index contributed by atoms with van der Waals surface area (Å²) >= 11 is 0. The van der Waals surface area contributed by atoms with Gasteiger partial charge in [0, 0.05) is 26.3 Å². The summed E-state index contributed by atoms with van der Waals surface area (Å²) in [5.74, 6) is 0.000602. The Morgan fingerprint density at radius 1 is 1.29 bits per heavy atom. The van der Waals surface area contributed by atoms with Crippen LogP contribution in [0.4, 0.5) is 0 Å². The summed E-state index contributed by atoms with van der Waals surface area (Å²) in [7, 11) is 3.27. The molecule has 118 valence electrons. The molecule has 21 heavy (non-hydrogen) atoms. The van der Waals surface area contributed by atoms with Crippen LogP contribution in [-0.2, 0) is 15.9 Å². The minimum absolute atomic E-state index is 0.000602. The Morgan fingerprint density at radius 3 is 2.62 bits per heavy atom. The maximum Gasteiger partial charge on any atom is 0.254 e. The van der Waals surface area contributed by atoms with Crippen LogP contribution in [0.3, 0.4) is 0 Å². The molecule has 1 aromatic carbocycles. The molecule has 1 unspecified atom stereocenters. The Bertz CT molecular complexity index is 437. The highest BCUT2D eigenvalue weighted by Gasteiger charge is 2.22. The first-order valence-electron chi connectivity index (χ1n) is 7.22. The first-order valence-corrected chi connectivity index (χ1v) is 7.22. The van der Waals surface area contributed by atoms with E-state index in [2.05, 4.69) is 0 Å². The van der Waals surface area contributed by atoms with Gasteiger partial charge in [0.15, 0.2) is 0 Å². The molecule has 0 aromatic heterocycles. The van der Waals surface area contributed by atoms with Crippen molar-refractivity contribution in [1.29, 1.82) is 0 Å². The molecule has 5 heteroatoms. The number of nitrogens with two attached hydrogens (primary N) is 1. The van der Waals surface area contributed by atoms with Crippen molar-refractivity contribution in [3.63, 3.8) is 0 Å². The molecule has 1 rings (SSSR count). The standard InChI is InChI=1S/C16H26N2O3/c1-13(12-21-3)18(10-11-20-2)16(19)15-7-5-4-6-14(15)8-9-17/h4-7,13H,8-12,17H2,1-3H3. The number of nitrogens with zero attached hydrogens (tertiary/aromatic N) is 1. The summed E-state index contributed by atoms with van der Waals surface area (Å²) in [6, 6.07) is 7.61. The molecular weight excluding hydrogens is 268 g/mol. The molecule has 1 amide bonds. The average Bonchev–Trinajstić information content (AvgIpc) is 2.48. The Hall–Kier alpha value is -1.43. The van der Waals surface area contributed by atoms with Gasteiger partial charge < -0.3 is 20.1 Å². The lowest BCUT2D eigenvalue weighted by molar-refractivity contribution is 0.0478. The largest absolute Gasteiger partial charge is 0.383 e. The highest BCUT2D eigenvalue weighted by Crippen LogP contribution is 2.14. The fraction of sp³-hybridized carbons (Fsp3) is 0.562. The van der Waals surface area contributed by atoms with Gasteiger partial charge in [-0.3, -0.25) is 4.79 Å². The zero-order valence-corrected chi connectivity index (χ0v) is 13.2. The number of amides is 1. The van der Waals surface area contributed by atoms with Crippen molar-refractivity contribution in [2.75, 3.05) is 40.5 Å². The minimum atomic E-state index is -0.0106. The molecule has 0 aliphatic carbocycles. The van der Waals surface area contributed by atoms with Gasteiger partial charge in [-0.1, -0.05) is 18.2 Å². The zero-order chi connectivity index (χ0) is 15.7. The van der Waals surface area contributed by atoms with E-state index in [1.54, 1.807) is 19.1 Å². The number of carbonyl (C=O) groups excluding carboxylic acids is 1. The second-order valence-corrected chi connectivity index (χ2v) is 4.99. The van der Waals surface area contributed by atoms with Gasteiger partial charge in [0.25, 0.3) is 5.91 Å². The molecular formula is C16H26N2O3. The average molecular weight is 294 g/mol. The summed E-state index contributed by atoms with van der Waals surface area (Å²) in [5, 5.41) is 0. The predicted molar refractivity (Wildman–Crippen MR) is 83.5 cm³/mol. The molecule has 0 heterocycles. The minimum Gasteiger partial charge on any atom is -0.383 e. The number of ether oxygens (including phenoxy) is 2. The van der Waals surface area contributed by atoms with Crippen molar-refractivity contribution < 1.29 is 14.3 Å². The molecule has 0 aliphatic rings. The van der Waals surface area contributed by atoms with E-state index in [-0.39, 0.29) is 11.9 Å². The fourth-order valence-corrected chi connectivity index (χ4v) is 2.30. The highest BCUT2D eigenvalue weighted by molar-refractivity contribution is 5.96.